The van der Waals surface area contributed by atoms with Gasteiger partial charge >= 0.3 is 0 Å². The summed E-state index contributed by atoms with van der Waals surface area (Å²) in [5, 5.41) is 5.43. The lowest BCUT2D eigenvalue weighted by molar-refractivity contribution is -0.127. The zero-order chi connectivity index (χ0) is 18.3. The fourth-order valence-electron chi connectivity index (χ4n) is 5.02. The van der Waals surface area contributed by atoms with Crippen molar-refractivity contribution in [3.05, 3.63) is 46.9 Å². The minimum Gasteiger partial charge on any atom is -0.381 e. The molecule has 0 radical (unpaired) electrons. The van der Waals surface area contributed by atoms with Crippen LogP contribution in [0.15, 0.2) is 35.7 Å². The predicted molar refractivity (Wildman–Crippen MR) is 106 cm³/mol. The lowest BCUT2D eigenvalue weighted by Crippen LogP contribution is -2.59. The Kier molecular flexibility index (Phi) is 5.13. The van der Waals surface area contributed by atoms with Gasteiger partial charge in [-0.3, -0.25) is 4.79 Å². The van der Waals surface area contributed by atoms with Crippen LogP contribution in [0.1, 0.15) is 42.7 Å². The van der Waals surface area contributed by atoms with Gasteiger partial charge in [-0.1, -0.05) is 37.3 Å². The maximum Gasteiger partial charge on any atom is 0.234 e. The summed E-state index contributed by atoms with van der Waals surface area (Å²) in [6, 6.07) is 9.16. The fraction of sp³-hybridized carbons (Fsp3) is 0.571. The van der Waals surface area contributed by atoms with Crippen LogP contribution in [0.2, 0.25) is 0 Å². The van der Waals surface area contributed by atoms with Crippen molar-refractivity contribution in [1.29, 1.82) is 0 Å². The molecule has 1 amide bonds. The summed E-state index contributed by atoms with van der Waals surface area (Å²) in [7, 11) is 1.82. The lowest BCUT2D eigenvalue weighted by Gasteiger charge is -2.49. The fourth-order valence-corrected chi connectivity index (χ4v) is 6.10. The Hall–Kier alpha value is -1.30. The van der Waals surface area contributed by atoms with E-state index in [0.29, 0.717) is 30.2 Å². The molecule has 1 aromatic carbocycles. The summed E-state index contributed by atoms with van der Waals surface area (Å²) in [5.74, 6) is 1.56. The van der Waals surface area contributed by atoms with Crippen LogP contribution in [0, 0.1) is 11.8 Å². The number of ether oxygens (including phenoxy) is 1. The predicted octanol–water partition coefficient (Wildman–Crippen LogP) is 3.00. The molecule has 0 aromatic heterocycles. The molecule has 2 aliphatic heterocycles. The summed E-state index contributed by atoms with van der Waals surface area (Å²) in [6.07, 6.45) is 4.43. The number of amides is 1. The van der Waals surface area contributed by atoms with Crippen LogP contribution in [0.5, 0.6) is 0 Å². The Labute approximate surface area is 159 Å². The monoisotopic (exact) mass is 372 g/mol. The number of carbonyl (C=O) groups is 1. The van der Waals surface area contributed by atoms with Crippen molar-refractivity contribution in [3.63, 3.8) is 0 Å². The van der Waals surface area contributed by atoms with Gasteiger partial charge in [-0.2, -0.15) is 0 Å². The van der Waals surface area contributed by atoms with Gasteiger partial charge in [0.25, 0.3) is 0 Å². The van der Waals surface area contributed by atoms with Crippen molar-refractivity contribution in [1.82, 2.24) is 5.32 Å². The van der Waals surface area contributed by atoms with E-state index in [1.165, 1.54) is 11.1 Å². The van der Waals surface area contributed by atoms with Crippen molar-refractivity contribution < 1.29 is 9.53 Å². The highest BCUT2D eigenvalue weighted by Crippen LogP contribution is 2.50. The lowest BCUT2D eigenvalue weighted by atomic mass is 9.63. The molecule has 5 heteroatoms. The number of benzene rings is 1. The van der Waals surface area contributed by atoms with Gasteiger partial charge in [0, 0.05) is 25.0 Å². The topological polar surface area (TPSA) is 64.3 Å². The van der Waals surface area contributed by atoms with E-state index in [4.69, 9.17) is 10.5 Å². The van der Waals surface area contributed by atoms with Gasteiger partial charge in [-0.15, -0.1) is 11.8 Å². The highest BCUT2D eigenvalue weighted by atomic mass is 32.2. The number of hydrogen-bond acceptors (Lipinski definition) is 4. The van der Waals surface area contributed by atoms with Gasteiger partial charge < -0.3 is 15.8 Å². The minimum absolute atomic E-state index is 0.0193. The number of carbonyl (C=O) groups excluding carboxylic acids is 1. The van der Waals surface area contributed by atoms with Crippen molar-refractivity contribution in [2.24, 2.45) is 17.6 Å². The second-order valence-electron chi connectivity index (χ2n) is 7.84. The number of hydrogen-bond donors (Lipinski definition) is 2. The smallest absolute Gasteiger partial charge is 0.234 e. The van der Waals surface area contributed by atoms with Gasteiger partial charge in [0.2, 0.25) is 5.91 Å². The quantitative estimate of drug-likeness (QED) is 0.853. The van der Waals surface area contributed by atoms with Crippen molar-refractivity contribution in [2.75, 3.05) is 13.7 Å². The first-order chi connectivity index (χ1) is 12.6. The van der Waals surface area contributed by atoms with E-state index in [1.54, 1.807) is 11.8 Å². The molecule has 7 unspecified atom stereocenters. The molecule has 140 valence electrons. The first-order valence-electron chi connectivity index (χ1n) is 9.59. The second kappa shape index (κ2) is 7.37. The van der Waals surface area contributed by atoms with E-state index >= 15 is 0 Å². The molecule has 0 spiro atoms. The van der Waals surface area contributed by atoms with Gasteiger partial charge in [0.1, 0.15) is 0 Å². The molecular weight excluding hydrogens is 344 g/mol. The van der Waals surface area contributed by atoms with Crippen LogP contribution in [0.3, 0.4) is 0 Å². The molecule has 0 bridgehead atoms. The van der Waals surface area contributed by atoms with E-state index in [2.05, 4.69) is 48.0 Å². The molecule has 2 heterocycles. The molecule has 1 saturated carbocycles. The summed E-state index contributed by atoms with van der Waals surface area (Å²) < 4.78 is 5.92. The normalized spacial score (nSPS) is 37.0. The van der Waals surface area contributed by atoms with Crippen molar-refractivity contribution in [2.45, 2.75) is 49.0 Å². The average Bonchev–Trinajstić information content (AvgIpc) is 3.17. The highest BCUT2D eigenvalue weighted by Gasteiger charge is 2.52. The molecular formula is C21H28N2O2S. The van der Waals surface area contributed by atoms with Crippen LogP contribution in [-0.4, -0.2) is 37.0 Å². The maximum atomic E-state index is 12.5. The molecule has 1 aromatic rings. The average molecular weight is 373 g/mol. The minimum atomic E-state index is 0.0193. The van der Waals surface area contributed by atoms with Crippen molar-refractivity contribution >= 4 is 17.7 Å². The number of thioether (sulfide) groups is 1. The Bertz CT molecular complexity index is 690. The van der Waals surface area contributed by atoms with E-state index < -0.39 is 0 Å². The molecule has 2 fully saturated rings. The number of methoxy groups -OCH3 is 1. The highest BCUT2D eigenvalue weighted by molar-refractivity contribution is 8.03. The number of nitrogens with two attached hydrogens (primary N) is 1. The third kappa shape index (κ3) is 3.00. The van der Waals surface area contributed by atoms with E-state index in [0.717, 1.165) is 12.8 Å². The van der Waals surface area contributed by atoms with Crippen LogP contribution in [0.4, 0.5) is 0 Å². The Balaban J connectivity index is 1.69. The molecule has 7 atom stereocenters. The van der Waals surface area contributed by atoms with Crippen LogP contribution < -0.4 is 11.1 Å². The van der Waals surface area contributed by atoms with E-state index in [9.17, 15) is 4.79 Å². The SMILES string of the molecule is COC1CCC2NC(=O)C3SC=CC3C2C1c1ccc(C(C)CN)cc1. The summed E-state index contributed by atoms with van der Waals surface area (Å²) in [4.78, 5) is 12.5. The molecule has 3 N–H and O–H groups in total. The van der Waals surface area contributed by atoms with E-state index in [1.807, 2.05) is 7.11 Å². The number of allylic oxidation sites excluding steroid dienone is 1. The third-order valence-corrected chi connectivity index (χ3v) is 7.63. The number of fused-ring (bicyclic) bond motifs is 3. The Morgan fingerprint density at radius 1 is 1.31 bits per heavy atom. The van der Waals surface area contributed by atoms with Crippen molar-refractivity contribution in [3.8, 4) is 0 Å². The summed E-state index contributed by atoms with van der Waals surface area (Å²) >= 11 is 1.66. The van der Waals surface area contributed by atoms with Gasteiger partial charge in [-0.05, 0) is 47.8 Å². The van der Waals surface area contributed by atoms with Gasteiger partial charge in [0.15, 0.2) is 0 Å². The van der Waals surface area contributed by atoms with Crippen LogP contribution >= 0.6 is 11.8 Å². The van der Waals surface area contributed by atoms with Crippen LogP contribution in [0.25, 0.3) is 0 Å². The number of rotatable bonds is 4. The third-order valence-electron chi connectivity index (χ3n) is 6.49. The number of nitrogens with one attached hydrogen (secondary N) is 1. The number of piperidine rings is 1. The molecule has 3 aliphatic rings. The van der Waals surface area contributed by atoms with E-state index in [-0.39, 0.29) is 23.3 Å². The zero-order valence-electron chi connectivity index (χ0n) is 15.4. The van der Waals surface area contributed by atoms with Crippen LogP contribution in [-0.2, 0) is 9.53 Å². The molecule has 4 rings (SSSR count). The Morgan fingerprint density at radius 3 is 2.77 bits per heavy atom. The maximum absolute atomic E-state index is 12.5. The molecule has 26 heavy (non-hydrogen) atoms. The first-order valence-corrected chi connectivity index (χ1v) is 10.5. The largest absolute Gasteiger partial charge is 0.381 e. The molecule has 1 saturated heterocycles. The zero-order valence-corrected chi connectivity index (χ0v) is 16.2. The molecule has 1 aliphatic carbocycles. The summed E-state index contributed by atoms with van der Waals surface area (Å²) in [6.45, 7) is 2.82. The standard InChI is InChI=1S/C21H28N2O2S/c1-12(11-22)13-3-5-14(6-4-13)18-17(25-2)8-7-16-19(18)15-9-10-26-20(15)21(24)23-16/h3-6,9-10,12,15-20H,7-8,11,22H2,1-2H3,(H,23,24). The summed E-state index contributed by atoms with van der Waals surface area (Å²) in [5.41, 5.74) is 8.42. The Morgan fingerprint density at radius 2 is 2.08 bits per heavy atom. The van der Waals surface area contributed by atoms with Gasteiger partial charge in [0.05, 0.1) is 11.4 Å². The second-order valence-corrected chi connectivity index (χ2v) is 8.89. The molecule has 4 nitrogen and oxygen atoms in total. The van der Waals surface area contributed by atoms with Gasteiger partial charge in [-0.25, -0.2) is 0 Å². The first kappa shape index (κ1) is 18.1.